The minimum Gasteiger partial charge on any atom is -0.340 e. The molecule has 1 heterocycles. The van der Waals surface area contributed by atoms with E-state index >= 15 is 0 Å². The van der Waals surface area contributed by atoms with Gasteiger partial charge in [-0.05, 0) is 12.1 Å². The number of aromatic nitrogens is 2. The Kier molecular flexibility index (Phi) is 4.74. The Labute approximate surface area is 122 Å². The largest absolute Gasteiger partial charge is 0.340 e. The summed E-state index contributed by atoms with van der Waals surface area (Å²) in [6.45, 7) is 0.937. The van der Waals surface area contributed by atoms with Gasteiger partial charge in [0.1, 0.15) is 0 Å². The van der Waals surface area contributed by atoms with Gasteiger partial charge in [0.25, 0.3) is 0 Å². The fourth-order valence-corrected chi connectivity index (χ4v) is 3.03. The van der Waals surface area contributed by atoms with Crippen LogP contribution in [0.5, 0.6) is 0 Å². The van der Waals surface area contributed by atoms with Crippen molar-refractivity contribution < 1.29 is 12.9 Å². The Balaban J connectivity index is 2.02. The molecule has 0 spiro atoms. The highest BCUT2D eigenvalue weighted by atomic mass is 35.5. The van der Waals surface area contributed by atoms with Crippen molar-refractivity contribution in [2.75, 3.05) is 12.8 Å². The van der Waals surface area contributed by atoms with Crippen LogP contribution >= 0.6 is 11.6 Å². The second-order valence-electron chi connectivity index (χ2n) is 4.25. The van der Waals surface area contributed by atoms with E-state index in [-0.39, 0.29) is 4.90 Å². The summed E-state index contributed by atoms with van der Waals surface area (Å²) in [7, 11) is -3.30. The lowest BCUT2D eigenvalue weighted by molar-refractivity contribution is 0.375. The van der Waals surface area contributed by atoms with Crippen LogP contribution in [-0.2, 0) is 22.8 Å². The van der Waals surface area contributed by atoms with Gasteiger partial charge in [0, 0.05) is 36.4 Å². The summed E-state index contributed by atoms with van der Waals surface area (Å²) in [4.78, 5) is 4.14. The molecule has 2 rings (SSSR count). The van der Waals surface area contributed by atoms with Crippen molar-refractivity contribution in [3.8, 4) is 0 Å². The fraction of sp³-hybridized carbons (Fsp3) is 0.333. The van der Waals surface area contributed by atoms with Gasteiger partial charge >= 0.3 is 0 Å². The van der Waals surface area contributed by atoms with Crippen LogP contribution in [0.15, 0.2) is 33.9 Å². The van der Waals surface area contributed by atoms with Crippen molar-refractivity contribution in [3.05, 3.63) is 41.0 Å². The number of benzene rings is 1. The molecular formula is C12H14ClN3O3S. The zero-order valence-corrected chi connectivity index (χ0v) is 12.4. The van der Waals surface area contributed by atoms with E-state index in [2.05, 4.69) is 15.5 Å². The number of sulfone groups is 1. The summed E-state index contributed by atoms with van der Waals surface area (Å²) in [6, 6.07) is 4.85. The van der Waals surface area contributed by atoms with Crippen molar-refractivity contribution in [2.24, 2.45) is 0 Å². The molecule has 108 valence electrons. The third kappa shape index (κ3) is 3.78. The first-order valence-electron chi connectivity index (χ1n) is 5.92. The number of halogens is 1. The Morgan fingerprint density at radius 1 is 1.40 bits per heavy atom. The first-order valence-corrected chi connectivity index (χ1v) is 8.19. The molecule has 0 fully saturated rings. The van der Waals surface area contributed by atoms with Crippen molar-refractivity contribution in [1.82, 2.24) is 15.5 Å². The van der Waals surface area contributed by atoms with E-state index in [1.54, 1.807) is 18.2 Å². The Morgan fingerprint density at radius 2 is 2.20 bits per heavy atom. The summed E-state index contributed by atoms with van der Waals surface area (Å²) in [6.07, 6.45) is 3.07. The standard InChI is InChI=1S/C12H14ClN3O3S/c1-20(17,18)11-4-2-3-10(13)9(11)7-14-6-5-12-15-8-16-19-12/h2-4,8,14H,5-7H2,1H3. The minimum absolute atomic E-state index is 0.246. The van der Waals surface area contributed by atoms with Crippen molar-refractivity contribution in [3.63, 3.8) is 0 Å². The molecule has 0 amide bonds. The smallest absolute Gasteiger partial charge is 0.227 e. The second-order valence-corrected chi connectivity index (χ2v) is 6.64. The number of hydrogen-bond donors (Lipinski definition) is 1. The van der Waals surface area contributed by atoms with E-state index in [0.29, 0.717) is 36.0 Å². The Morgan fingerprint density at radius 3 is 2.85 bits per heavy atom. The molecule has 0 bridgehead atoms. The molecule has 20 heavy (non-hydrogen) atoms. The summed E-state index contributed by atoms with van der Waals surface area (Å²) in [5.74, 6) is 0.528. The van der Waals surface area contributed by atoms with Crippen LogP contribution in [0.1, 0.15) is 11.5 Å². The molecule has 0 unspecified atom stereocenters. The molecule has 0 saturated carbocycles. The molecule has 0 saturated heterocycles. The van der Waals surface area contributed by atoms with Crippen LogP contribution in [0.4, 0.5) is 0 Å². The predicted molar refractivity (Wildman–Crippen MR) is 74.3 cm³/mol. The maximum Gasteiger partial charge on any atom is 0.227 e. The Bertz CT molecular complexity index is 671. The highest BCUT2D eigenvalue weighted by Crippen LogP contribution is 2.23. The molecule has 2 aromatic rings. The molecule has 6 nitrogen and oxygen atoms in total. The van der Waals surface area contributed by atoms with Gasteiger partial charge in [0.2, 0.25) is 5.89 Å². The zero-order valence-electron chi connectivity index (χ0n) is 10.8. The fourth-order valence-electron chi connectivity index (χ4n) is 1.77. The maximum atomic E-state index is 11.7. The van der Waals surface area contributed by atoms with E-state index in [1.807, 2.05) is 0 Å². The normalized spacial score (nSPS) is 11.7. The van der Waals surface area contributed by atoms with Crippen molar-refractivity contribution in [1.29, 1.82) is 0 Å². The molecule has 0 aliphatic heterocycles. The van der Waals surface area contributed by atoms with Crippen molar-refractivity contribution >= 4 is 21.4 Å². The van der Waals surface area contributed by atoms with Crippen LogP contribution < -0.4 is 5.32 Å². The highest BCUT2D eigenvalue weighted by Gasteiger charge is 2.15. The van der Waals surface area contributed by atoms with E-state index in [0.717, 1.165) is 0 Å². The van der Waals surface area contributed by atoms with Gasteiger partial charge < -0.3 is 9.84 Å². The maximum absolute atomic E-state index is 11.7. The van der Waals surface area contributed by atoms with Crippen LogP contribution in [0.2, 0.25) is 5.02 Å². The molecule has 0 aliphatic rings. The SMILES string of the molecule is CS(=O)(=O)c1cccc(Cl)c1CNCCc1ncno1. The number of nitrogens with one attached hydrogen (secondary N) is 1. The molecule has 0 atom stereocenters. The van der Waals surface area contributed by atoms with E-state index in [9.17, 15) is 8.42 Å². The lowest BCUT2D eigenvalue weighted by atomic mass is 10.2. The van der Waals surface area contributed by atoms with Crippen molar-refractivity contribution in [2.45, 2.75) is 17.9 Å². The quantitative estimate of drug-likeness (QED) is 0.812. The Hall–Kier alpha value is -1.44. The van der Waals surface area contributed by atoms with Gasteiger partial charge in [-0.2, -0.15) is 4.98 Å². The average molecular weight is 316 g/mol. The molecule has 8 heteroatoms. The second kappa shape index (κ2) is 6.34. The van der Waals surface area contributed by atoms with Crippen LogP contribution in [-0.4, -0.2) is 31.4 Å². The molecule has 0 aliphatic carbocycles. The average Bonchev–Trinajstić information content (AvgIpc) is 2.88. The molecule has 1 aromatic carbocycles. The minimum atomic E-state index is -3.30. The molecule has 1 aromatic heterocycles. The number of nitrogens with zero attached hydrogens (tertiary/aromatic N) is 2. The van der Waals surface area contributed by atoms with Crippen LogP contribution in [0.3, 0.4) is 0 Å². The summed E-state index contributed by atoms with van der Waals surface area (Å²) in [5.41, 5.74) is 0.571. The summed E-state index contributed by atoms with van der Waals surface area (Å²) < 4.78 is 28.3. The van der Waals surface area contributed by atoms with Crippen LogP contribution in [0.25, 0.3) is 0 Å². The monoisotopic (exact) mass is 315 g/mol. The zero-order chi connectivity index (χ0) is 14.6. The lowest BCUT2D eigenvalue weighted by Crippen LogP contribution is -2.19. The molecule has 1 N–H and O–H groups in total. The van der Waals surface area contributed by atoms with Gasteiger partial charge in [-0.1, -0.05) is 22.8 Å². The number of hydrogen-bond acceptors (Lipinski definition) is 6. The first kappa shape index (κ1) is 15.0. The lowest BCUT2D eigenvalue weighted by Gasteiger charge is -2.10. The van der Waals surface area contributed by atoms with Gasteiger partial charge in [-0.3, -0.25) is 0 Å². The van der Waals surface area contributed by atoms with E-state index in [1.165, 1.54) is 12.6 Å². The van der Waals surface area contributed by atoms with Gasteiger partial charge in [0.05, 0.1) is 4.90 Å². The molecule has 0 radical (unpaired) electrons. The third-order valence-electron chi connectivity index (χ3n) is 2.70. The topological polar surface area (TPSA) is 85.1 Å². The predicted octanol–water partition coefficient (Wildman–Crippen LogP) is 1.46. The first-order chi connectivity index (χ1) is 9.48. The number of rotatable bonds is 6. The summed E-state index contributed by atoms with van der Waals surface area (Å²) >= 11 is 6.07. The van der Waals surface area contributed by atoms with Gasteiger partial charge in [0.15, 0.2) is 16.2 Å². The van der Waals surface area contributed by atoms with Gasteiger partial charge in [-0.25, -0.2) is 8.42 Å². The van der Waals surface area contributed by atoms with E-state index < -0.39 is 9.84 Å². The summed E-state index contributed by atoms with van der Waals surface area (Å²) in [5, 5.41) is 7.05. The van der Waals surface area contributed by atoms with Crippen LogP contribution in [0, 0.1) is 0 Å². The highest BCUT2D eigenvalue weighted by molar-refractivity contribution is 7.90. The molecular weight excluding hydrogens is 302 g/mol. The van der Waals surface area contributed by atoms with Gasteiger partial charge in [-0.15, -0.1) is 0 Å². The third-order valence-corrected chi connectivity index (χ3v) is 4.24. The van der Waals surface area contributed by atoms with E-state index in [4.69, 9.17) is 16.1 Å².